The summed E-state index contributed by atoms with van der Waals surface area (Å²) in [6.07, 6.45) is 1.86. The molecule has 104 valence electrons. The first-order valence-electron chi connectivity index (χ1n) is 6.64. The fraction of sp³-hybridized carbons (Fsp3) is 0.533. The number of alkyl halides is 1. The third-order valence-corrected chi connectivity index (χ3v) is 3.86. The summed E-state index contributed by atoms with van der Waals surface area (Å²) in [5.41, 5.74) is 0.818. The van der Waals surface area contributed by atoms with E-state index in [1.54, 1.807) is 7.11 Å². The summed E-state index contributed by atoms with van der Waals surface area (Å²) < 4.78 is 5.07. The van der Waals surface area contributed by atoms with E-state index in [9.17, 15) is 4.79 Å². The molecule has 0 unspecified atom stereocenters. The fourth-order valence-electron chi connectivity index (χ4n) is 2.43. The topological polar surface area (TPSA) is 29.5 Å². The maximum Gasteiger partial charge on any atom is 0.233 e. The molecule has 0 saturated heterocycles. The molecule has 0 aliphatic heterocycles. The number of rotatable bonds is 7. The van der Waals surface area contributed by atoms with E-state index >= 15 is 0 Å². The second-order valence-electron chi connectivity index (χ2n) is 4.92. The monoisotopic (exact) mass is 281 g/mol. The number of hydrogen-bond acceptors (Lipinski definition) is 2. The molecule has 1 aromatic rings. The molecular formula is C15H20ClNO2. The van der Waals surface area contributed by atoms with E-state index in [-0.39, 0.29) is 11.3 Å². The maximum atomic E-state index is 12.7. The van der Waals surface area contributed by atoms with Crippen molar-refractivity contribution in [3.63, 3.8) is 0 Å². The van der Waals surface area contributed by atoms with Crippen LogP contribution in [0, 0.1) is 0 Å². The molecule has 3 nitrogen and oxygen atoms in total. The minimum absolute atomic E-state index is 0.191. The largest absolute Gasteiger partial charge is 0.383 e. The van der Waals surface area contributed by atoms with Gasteiger partial charge in [0.2, 0.25) is 5.91 Å². The first-order valence-corrected chi connectivity index (χ1v) is 7.18. The van der Waals surface area contributed by atoms with E-state index in [1.165, 1.54) is 0 Å². The molecule has 1 aliphatic rings. The number of carbonyl (C=O) groups is 1. The summed E-state index contributed by atoms with van der Waals surface area (Å²) in [5, 5.41) is 0. The van der Waals surface area contributed by atoms with Crippen molar-refractivity contribution in [1.29, 1.82) is 0 Å². The number of amides is 1. The lowest BCUT2D eigenvalue weighted by Gasteiger charge is -2.27. The normalized spacial score (nSPS) is 16.1. The van der Waals surface area contributed by atoms with Crippen LogP contribution in [0.1, 0.15) is 18.4 Å². The summed E-state index contributed by atoms with van der Waals surface area (Å²) in [4.78, 5) is 14.6. The van der Waals surface area contributed by atoms with Crippen molar-refractivity contribution in [1.82, 2.24) is 4.90 Å². The standard InChI is InChI=1S/C15H20ClNO2/c1-19-12-11-17(10-9-16)14(18)15(7-8-15)13-5-3-2-4-6-13/h2-6H,7-12H2,1H3. The Morgan fingerprint density at radius 2 is 2.00 bits per heavy atom. The SMILES string of the molecule is COCCN(CCCl)C(=O)C1(c2ccccc2)CC1. The molecular weight excluding hydrogens is 262 g/mol. The first-order chi connectivity index (χ1) is 9.24. The zero-order valence-electron chi connectivity index (χ0n) is 11.3. The Bertz CT molecular complexity index is 417. The van der Waals surface area contributed by atoms with Crippen LogP contribution in [0.2, 0.25) is 0 Å². The van der Waals surface area contributed by atoms with E-state index in [2.05, 4.69) is 0 Å². The van der Waals surface area contributed by atoms with Gasteiger partial charge in [0.05, 0.1) is 12.0 Å². The van der Waals surface area contributed by atoms with Gasteiger partial charge < -0.3 is 9.64 Å². The van der Waals surface area contributed by atoms with Crippen LogP contribution in [0.5, 0.6) is 0 Å². The highest BCUT2D eigenvalue weighted by atomic mass is 35.5. The highest BCUT2D eigenvalue weighted by Crippen LogP contribution is 2.49. The molecule has 1 fully saturated rings. The number of methoxy groups -OCH3 is 1. The Hall–Kier alpha value is -1.06. The predicted octanol–water partition coefficient (Wildman–Crippen LogP) is 2.43. The third-order valence-electron chi connectivity index (χ3n) is 3.69. The minimum Gasteiger partial charge on any atom is -0.383 e. The van der Waals surface area contributed by atoms with Gasteiger partial charge in [0, 0.05) is 26.1 Å². The fourth-order valence-corrected chi connectivity index (χ4v) is 2.63. The van der Waals surface area contributed by atoms with Crippen molar-refractivity contribution in [3.8, 4) is 0 Å². The van der Waals surface area contributed by atoms with Gasteiger partial charge in [-0.05, 0) is 18.4 Å². The molecule has 1 amide bonds. The molecule has 1 saturated carbocycles. The van der Waals surface area contributed by atoms with Gasteiger partial charge in [-0.2, -0.15) is 0 Å². The Kier molecular flexibility index (Phi) is 4.83. The molecule has 0 aromatic heterocycles. The van der Waals surface area contributed by atoms with Crippen LogP contribution < -0.4 is 0 Å². The second kappa shape index (κ2) is 6.40. The lowest BCUT2D eigenvalue weighted by molar-refractivity contribution is -0.134. The quantitative estimate of drug-likeness (QED) is 0.719. The van der Waals surface area contributed by atoms with Crippen molar-refractivity contribution < 1.29 is 9.53 Å². The van der Waals surface area contributed by atoms with Gasteiger partial charge in [-0.3, -0.25) is 4.79 Å². The molecule has 0 bridgehead atoms. The number of benzene rings is 1. The zero-order valence-corrected chi connectivity index (χ0v) is 12.0. The second-order valence-corrected chi connectivity index (χ2v) is 5.30. The number of halogens is 1. The van der Waals surface area contributed by atoms with E-state index in [4.69, 9.17) is 16.3 Å². The zero-order chi connectivity index (χ0) is 13.7. The summed E-state index contributed by atoms with van der Waals surface area (Å²) >= 11 is 5.80. The van der Waals surface area contributed by atoms with Crippen LogP contribution in [0.25, 0.3) is 0 Å². The highest BCUT2D eigenvalue weighted by molar-refractivity contribution is 6.18. The van der Waals surface area contributed by atoms with Crippen LogP contribution >= 0.6 is 11.6 Å². The van der Waals surface area contributed by atoms with Crippen LogP contribution in [-0.2, 0) is 14.9 Å². The third kappa shape index (κ3) is 3.10. The van der Waals surface area contributed by atoms with Crippen molar-refractivity contribution >= 4 is 17.5 Å². The molecule has 0 radical (unpaired) electrons. The summed E-state index contributed by atoms with van der Waals surface area (Å²) in [6.45, 7) is 1.74. The van der Waals surface area contributed by atoms with E-state index < -0.39 is 0 Å². The summed E-state index contributed by atoms with van der Waals surface area (Å²) in [5.74, 6) is 0.650. The Morgan fingerprint density at radius 3 is 2.53 bits per heavy atom. The molecule has 0 heterocycles. The van der Waals surface area contributed by atoms with Crippen molar-refractivity contribution in [2.75, 3.05) is 32.7 Å². The van der Waals surface area contributed by atoms with E-state index in [0.717, 1.165) is 18.4 Å². The highest BCUT2D eigenvalue weighted by Gasteiger charge is 2.52. The van der Waals surface area contributed by atoms with Crippen LogP contribution in [0.3, 0.4) is 0 Å². The Labute approximate surface area is 119 Å². The molecule has 0 atom stereocenters. The number of carbonyl (C=O) groups excluding carboxylic acids is 1. The van der Waals surface area contributed by atoms with Gasteiger partial charge in [-0.1, -0.05) is 30.3 Å². The maximum absolute atomic E-state index is 12.7. The first kappa shape index (κ1) is 14.4. The smallest absolute Gasteiger partial charge is 0.233 e. The summed E-state index contributed by atoms with van der Waals surface area (Å²) in [7, 11) is 1.65. The van der Waals surface area contributed by atoms with Crippen molar-refractivity contribution in [2.45, 2.75) is 18.3 Å². The molecule has 1 aromatic carbocycles. The van der Waals surface area contributed by atoms with Crippen LogP contribution in [0.4, 0.5) is 0 Å². The van der Waals surface area contributed by atoms with Crippen molar-refractivity contribution in [2.24, 2.45) is 0 Å². The summed E-state index contributed by atoms with van der Waals surface area (Å²) in [6, 6.07) is 10.0. The number of nitrogens with zero attached hydrogens (tertiary/aromatic N) is 1. The molecule has 0 N–H and O–H groups in total. The van der Waals surface area contributed by atoms with Gasteiger partial charge in [0.1, 0.15) is 0 Å². The van der Waals surface area contributed by atoms with Gasteiger partial charge >= 0.3 is 0 Å². The number of ether oxygens (including phenoxy) is 1. The molecule has 2 rings (SSSR count). The van der Waals surface area contributed by atoms with E-state index in [0.29, 0.717) is 25.6 Å². The molecule has 0 spiro atoms. The molecule has 19 heavy (non-hydrogen) atoms. The van der Waals surface area contributed by atoms with Crippen molar-refractivity contribution in [3.05, 3.63) is 35.9 Å². The van der Waals surface area contributed by atoms with Gasteiger partial charge in [-0.15, -0.1) is 11.6 Å². The Balaban J connectivity index is 2.12. The van der Waals surface area contributed by atoms with Gasteiger partial charge in [-0.25, -0.2) is 0 Å². The average molecular weight is 282 g/mol. The lowest BCUT2D eigenvalue weighted by Crippen LogP contribution is -2.42. The van der Waals surface area contributed by atoms with Crippen LogP contribution in [0.15, 0.2) is 30.3 Å². The number of hydrogen-bond donors (Lipinski definition) is 0. The molecule has 4 heteroatoms. The Morgan fingerprint density at radius 1 is 1.32 bits per heavy atom. The molecule has 1 aliphatic carbocycles. The predicted molar refractivity (Wildman–Crippen MR) is 76.5 cm³/mol. The van der Waals surface area contributed by atoms with Gasteiger partial charge in [0.15, 0.2) is 0 Å². The van der Waals surface area contributed by atoms with Crippen LogP contribution in [-0.4, -0.2) is 43.5 Å². The average Bonchev–Trinajstić information content (AvgIpc) is 3.25. The minimum atomic E-state index is -0.305. The van der Waals surface area contributed by atoms with E-state index in [1.807, 2.05) is 35.2 Å². The lowest BCUT2D eigenvalue weighted by atomic mass is 9.94. The van der Waals surface area contributed by atoms with Gasteiger partial charge in [0.25, 0.3) is 0 Å².